The monoisotopic (exact) mass is 449 g/mol. The van der Waals surface area contributed by atoms with E-state index in [1.165, 1.54) is 23.4 Å². The molecule has 0 spiro atoms. The van der Waals surface area contributed by atoms with E-state index < -0.39 is 10.0 Å². The number of hydrogen-bond acceptors (Lipinski definition) is 4. The molecule has 1 N–H and O–H groups in total. The summed E-state index contributed by atoms with van der Waals surface area (Å²) in [6, 6.07) is 12.9. The number of halogens is 1. The molecular formula is C21H24ClN3O4S. The number of piperazine rings is 1. The molecule has 1 fully saturated rings. The van der Waals surface area contributed by atoms with Crippen LogP contribution in [0.1, 0.15) is 35.8 Å². The average Bonchev–Trinajstić information content (AvgIpc) is 2.73. The smallest absolute Gasteiger partial charge is 0.251 e. The summed E-state index contributed by atoms with van der Waals surface area (Å²) in [5.74, 6) is -0.444. The number of carbonyl (C=O) groups excluding carboxylic acids is 2. The van der Waals surface area contributed by atoms with Crippen LogP contribution in [-0.2, 0) is 14.8 Å². The van der Waals surface area contributed by atoms with Gasteiger partial charge in [-0.3, -0.25) is 9.59 Å². The van der Waals surface area contributed by atoms with Crippen LogP contribution in [0.3, 0.4) is 0 Å². The van der Waals surface area contributed by atoms with Crippen LogP contribution in [0.2, 0.25) is 5.02 Å². The highest BCUT2D eigenvalue weighted by Crippen LogP contribution is 2.21. The maximum Gasteiger partial charge on any atom is 0.251 e. The summed E-state index contributed by atoms with van der Waals surface area (Å²) in [4.78, 5) is 25.8. The average molecular weight is 450 g/mol. The molecular weight excluding hydrogens is 426 g/mol. The van der Waals surface area contributed by atoms with Crippen LogP contribution >= 0.6 is 11.6 Å². The van der Waals surface area contributed by atoms with Crippen LogP contribution in [0.25, 0.3) is 0 Å². The number of carbonyl (C=O) groups is 2. The molecule has 160 valence electrons. The van der Waals surface area contributed by atoms with Gasteiger partial charge >= 0.3 is 0 Å². The molecule has 1 aliphatic rings. The Morgan fingerprint density at radius 1 is 1.03 bits per heavy atom. The molecule has 0 aliphatic carbocycles. The highest BCUT2D eigenvalue weighted by molar-refractivity contribution is 7.89. The first-order valence-corrected chi connectivity index (χ1v) is 11.4. The van der Waals surface area contributed by atoms with E-state index in [1.807, 2.05) is 13.0 Å². The summed E-state index contributed by atoms with van der Waals surface area (Å²) in [6.45, 7) is 4.46. The van der Waals surface area contributed by atoms with Crippen molar-refractivity contribution in [1.82, 2.24) is 14.5 Å². The highest BCUT2D eigenvalue weighted by Gasteiger charge is 2.29. The van der Waals surface area contributed by atoms with E-state index in [9.17, 15) is 18.0 Å². The van der Waals surface area contributed by atoms with E-state index in [-0.39, 0.29) is 41.4 Å². The molecule has 7 nitrogen and oxygen atoms in total. The summed E-state index contributed by atoms with van der Waals surface area (Å²) in [7, 11) is -3.76. The van der Waals surface area contributed by atoms with Crippen LogP contribution in [0.4, 0.5) is 0 Å². The van der Waals surface area contributed by atoms with Crippen molar-refractivity contribution in [3.63, 3.8) is 0 Å². The molecule has 1 atom stereocenters. The van der Waals surface area contributed by atoms with Gasteiger partial charge in [0.15, 0.2) is 0 Å². The van der Waals surface area contributed by atoms with Gasteiger partial charge in [0.1, 0.15) is 0 Å². The predicted molar refractivity (Wildman–Crippen MR) is 115 cm³/mol. The van der Waals surface area contributed by atoms with Gasteiger partial charge in [-0.15, -0.1) is 0 Å². The summed E-state index contributed by atoms with van der Waals surface area (Å²) in [5, 5.41) is 3.44. The third-order valence-electron chi connectivity index (χ3n) is 5.11. The first-order valence-electron chi connectivity index (χ1n) is 9.60. The topological polar surface area (TPSA) is 86.8 Å². The Morgan fingerprint density at radius 2 is 1.70 bits per heavy atom. The summed E-state index contributed by atoms with van der Waals surface area (Å²) in [6.07, 6.45) is 0. The van der Waals surface area contributed by atoms with Crippen molar-refractivity contribution in [2.75, 3.05) is 26.2 Å². The van der Waals surface area contributed by atoms with Crippen LogP contribution < -0.4 is 5.32 Å². The molecule has 0 radical (unpaired) electrons. The van der Waals surface area contributed by atoms with Gasteiger partial charge in [0.05, 0.1) is 10.9 Å². The molecule has 9 heteroatoms. The van der Waals surface area contributed by atoms with Crippen LogP contribution in [-0.4, -0.2) is 55.6 Å². The number of sulfonamides is 1. The van der Waals surface area contributed by atoms with Gasteiger partial charge in [-0.25, -0.2) is 8.42 Å². The summed E-state index contributed by atoms with van der Waals surface area (Å²) in [5.41, 5.74) is 1.11. The fourth-order valence-electron chi connectivity index (χ4n) is 3.33. The minimum atomic E-state index is -3.76. The number of amides is 2. The van der Waals surface area contributed by atoms with E-state index in [1.54, 1.807) is 35.2 Å². The van der Waals surface area contributed by atoms with Gasteiger partial charge in [0.25, 0.3) is 5.91 Å². The maximum absolute atomic E-state index is 13.0. The molecule has 3 rings (SSSR count). The molecule has 0 unspecified atom stereocenters. The quantitative estimate of drug-likeness (QED) is 0.760. The van der Waals surface area contributed by atoms with Crippen LogP contribution in [0, 0.1) is 0 Å². The van der Waals surface area contributed by atoms with E-state index in [0.29, 0.717) is 18.1 Å². The van der Waals surface area contributed by atoms with Crippen LogP contribution in [0.15, 0.2) is 53.4 Å². The lowest BCUT2D eigenvalue weighted by molar-refractivity contribution is -0.129. The zero-order valence-electron chi connectivity index (χ0n) is 16.8. The van der Waals surface area contributed by atoms with E-state index in [2.05, 4.69) is 5.32 Å². The predicted octanol–water partition coefficient (Wildman–Crippen LogP) is 2.68. The van der Waals surface area contributed by atoms with Crippen molar-refractivity contribution in [2.45, 2.75) is 24.8 Å². The zero-order valence-corrected chi connectivity index (χ0v) is 18.4. The fourth-order valence-corrected chi connectivity index (χ4v) is 5.00. The van der Waals surface area contributed by atoms with Gasteiger partial charge in [-0.05, 0) is 42.8 Å². The van der Waals surface area contributed by atoms with Crippen molar-refractivity contribution in [3.05, 3.63) is 64.7 Å². The lowest BCUT2D eigenvalue weighted by Crippen LogP contribution is -2.49. The van der Waals surface area contributed by atoms with Crippen LogP contribution in [0.5, 0.6) is 0 Å². The summed E-state index contributed by atoms with van der Waals surface area (Å²) < 4.78 is 27.3. The summed E-state index contributed by atoms with van der Waals surface area (Å²) >= 11 is 6.01. The number of rotatable bonds is 5. The largest absolute Gasteiger partial charge is 0.346 e. The number of benzene rings is 2. The first kappa shape index (κ1) is 22.3. The molecule has 2 amide bonds. The molecule has 1 aliphatic heterocycles. The highest BCUT2D eigenvalue weighted by atomic mass is 35.5. The molecule has 2 aromatic rings. The fraction of sp³-hybridized carbons (Fsp3) is 0.333. The normalized spacial score (nSPS) is 16.2. The second-order valence-corrected chi connectivity index (χ2v) is 9.56. The third-order valence-corrected chi connectivity index (χ3v) is 7.24. The zero-order chi connectivity index (χ0) is 21.9. The minimum absolute atomic E-state index is 0.0573. The number of hydrogen-bond donors (Lipinski definition) is 1. The Bertz CT molecular complexity index is 1050. The standard InChI is InChI=1S/C21H24ClN3O4S/c1-15(17-5-3-7-19(22)13-17)23-21(27)18-6-4-8-20(14-18)30(28,29)25-11-9-24(10-12-25)16(2)26/h3-8,13-15H,9-12H2,1-2H3,(H,23,27)/t15-/m1/s1. The molecule has 0 bridgehead atoms. The Kier molecular flexibility index (Phi) is 6.80. The maximum atomic E-state index is 13.0. The molecule has 0 saturated carbocycles. The van der Waals surface area contributed by atoms with Crippen molar-refractivity contribution in [2.24, 2.45) is 0 Å². The van der Waals surface area contributed by atoms with E-state index >= 15 is 0 Å². The Morgan fingerprint density at radius 3 is 2.33 bits per heavy atom. The molecule has 2 aromatic carbocycles. The van der Waals surface area contributed by atoms with Gasteiger partial charge in [-0.2, -0.15) is 4.31 Å². The number of nitrogens with one attached hydrogen (secondary N) is 1. The van der Waals surface area contributed by atoms with Crippen molar-refractivity contribution >= 4 is 33.4 Å². The Labute approximate surface area is 181 Å². The molecule has 0 aromatic heterocycles. The van der Waals surface area contributed by atoms with Gasteiger partial charge in [-0.1, -0.05) is 29.8 Å². The SMILES string of the molecule is CC(=O)N1CCN(S(=O)(=O)c2cccc(C(=O)N[C@H](C)c3cccc(Cl)c3)c2)CC1. The second kappa shape index (κ2) is 9.16. The van der Waals surface area contributed by atoms with Crippen molar-refractivity contribution in [1.29, 1.82) is 0 Å². The van der Waals surface area contributed by atoms with Crippen molar-refractivity contribution in [3.8, 4) is 0 Å². The van der Waals surface area contributed by atoms with E-state index in [0.717, 1.165) is 5.56 Å². The lowest BCUT2D eigenvalue weighted by Gasteiger charge is -2.33. The van der Waals surface area contributed by atoms with Gasteiger partial charge in [0, 0.05) is 43.7 Å². The van der Waals surface area contributed by atoms with Gasteiger partial charge in [0.2, 0.25) is 15.9 Å². The van der Waals surface area contributed by atoms with Gasteiger partial charge < -0.3 is 10.2 Å². The van der Waals surface area contributed by atoms with Crippen molar-refractivity contribution < 1.29 is 18.0 Å². The lowest BCUT2D eigenvalue weighted by atomic mass is 10.1. The van der Waals surface area contributed by atoms with E-state index in [4.69, 9.17) is 11.6 Å². The molecule has 1 saturated heterocycles. The third kappa shape index (κ3) is 5.00. The molecule has 30 heavy (non-hydrogen) atoms. The second-order valence-electron chi connectivity index (χ2n) is 7.19. The number of nitrogens with zero attached hydrogens (tertiary/aromatic N) is 2. The Balaban J connectivity index is 1.73. The Hall–Kier alpha value is -2.42. The molecule has 1 heterocycles. The minimum Gasteiger partial charge on any atom is -0.346 e. The first-order chi connectivity index (χ1) is 14.2.